The number of fused-ring (bicyclic) bond motifs is 2. The highest BCUT2D eigenvalue weighted by atomic mass is 35.5. The molecule has 1 aromatic heterocycles. The first-order valence-electron chi connectivity index (χ1n) is 7.24. The maximum absolute atomic E-state index is 6.25. The molecule has 0 spiro atoms. The molecule has 2 heterocycles. The monoisotopic (exact) mass is 280 g/mol. The molecular weight excluding hydrogens is 260 g/mol. The van der Waals surface area contributed by atoms with E-state index in [9.17, 15) is 0 Å². The van der Waals surface area contributed by atoms with Crippen LogP contribution in [0.3, 0.4) is 0 Å². The average Bonchev–Trinajstić information content (AvgIpc) is 2.37. The fraction of sp³-hybridized carbons (Fsp3) is 0.714. The van der Waals surface area contributed by atoms with E-state index in [4.69, 9.17) is 17.3 Å². The molecule has 1 aliphatic heterocycles. The van der Waals surface area contributed by atoms with E-state index in [1.807, 2.05) is 0 Å². The van der Waals surface area contributed by atoms with Crippen LogP contribution in [0.15, 0.2) is 0 Å². The van der Waals surface area contributed by atoms with Crippen molar-refractivity contribution in [2.75, 3.05) is 18.8 Å². The van der Waals surface area contributed by atoms with Gasteiger partial charge < -0.3 is 5.73 Å². The molecule has 0 amide bonds. The third kappa shape index (κ3) is 2.43. The largest absolute Gasteiger partial charge is 0.368 e. The van der Waals surface area contributed by atoms with Gasteiger partial charge in [0.2, 0.25) is 5.95 Å². The number of nitrogens with zero attached hydrogens (tertiary/aromatic N) is 3. The quantitative estimate of drug-likeness (QED) is 0.845. The van der Waals surface area contributed by atoms with Crippen LogP contribution in [-0.2, 0) is 12.8 Å². The molecule has 2 N–H and O–H groups in total. The number of likely N-dealkylation sites (tertiary alicyclic amines) is 1. The van der Waals surface area contributed by atoms with Crippen molar-refractivity contribution in [2.45, 2.75) is 45.1 Å². The van der Waals surface area contributed by atoms with Gasteiger partial charge in [0, 0.05) is 11.6 Å². The van der Waals surface area contributed by atoms with Crippen LogP contribution in [0.25, 0.3) is 0 Å². The summed E-state index contributed by atoms with van der Waals surface area (Å²) in [5, 5.41) is 0.558. The van der Waals surface area contributed by atoms with Gasteiger partial charge >= 0.3 is 0 Å². The predicted octanol–water partition coefficient (Wildman–Crippen LogP) is 2.30. The number of hydrogen-bond acceptors (Lipinski definition) is 4. The summed E-state index contributed by atoms with van der Waals surface area (Å²) >= 11 is 6.25. The number of nitrogen functional groups attached to an aromatic ring is 1. The number of anilines is 1. The first-order chi connectivity index (χ1) is 9.19. The minimum Gasteiger partial charge on any atom is -0.368 e. The van der Waals surface area contributed by atoms with E-state index in [0.717, 1.165) is 24.1 Å². The van der Waals surface area contributed by atoms with Crippen LogP contribution in [0.5, 0.6) is 0 Å². The summed E-state index contributed by atoms with van der Waals surface area (Å²) in [7, 11) is 0. The van der Waals surface area contributed by atoms with Crippen molar-refractivity contribution < 1.29 is 0 Å². The number of piperidine rings is 1. The standard InChI is InChI=1S/C14H21ClN4/c1-2-5-19-6-3-4-9-7-11-10(8-12(9)19)13(15)18-14(16)17-11/h9,12H,2-8H2,1H3,(H2,16,17,18)/t9-,12-/m0/s1. The molecule has 1 aliphatic carbocycles. The Morgan fingerprint density at radius 2 is 2.21 bits per heavy atom. The Labute approximate surface area is 119 Å². The van der Waals surface area contributed by atoms with Crippen molar-refractivity contribution in [1.82, 2.24) is 14.9 Å². The lowest BCUT2D eigenvalue weighted by atomic mass is 9.77. The Morgan fingerprint density at radius 3 is 3.00 bits per heavy atom. The van der Waals surface area contributed by atoms with E-state index in [-0.39, 0.29) is 0 Å². The van der Waals surface area contributed by atoms with Crippen molar-refractivity contribution in [3.8, 4) is 0 Å². The van der Waals surface area contributed by atoms with Gasteiger partial charge in [-0.05, 0) is 51.1 Å². The molecule has 5 heteroatoms. The molecular formula is C14H21ClN4. The van der Waals surface area contributed by atoms with Crippen LogP contribution >= 0.6 is 11.6 Å². The summed E-state index contributed by atoms with van der Waals surface area (Å²) in [4.78, 5) is 11.1. The highest BCUT2D eigenvalue weighted by molar-refractivity contribution is 6.30. The molecule has 19 heavy (non-hydrogen) atoms. The second-order valence-corrected chi connectivity index (χ2v) is 6.07. The summed E-state index contributed by atoms with van der Waals surface area (Å²) in [5.41, 5.74) is 7.91. The molecule has 3 rings (SSSR count). The number of aromatic nitrogens is 2. The smallest absolute Gasteiger partial charge is 0.221 e. The molecule has 104 valence electrons. The van der Waals surface area contributed by atoms with Gasteiger partial charge in [0.25, 0.3) is 0 Å². The van der Waals surface area contributed by atoms with Gasteiger partial charge in [-0.25, -0.2) is 9.97 Å². The van der Waals surface area contributed by atoms with Gasteiger partial charge in [-0.2, -0.15) is 0 Å². The van der Waals surface area contributed by atoms with Crippen molar-refractivity contribution in [1.29, 1.82) is 0 Å². The maximum atomic E-state index is 6.25. The van der Waals surface area contributed by atoms with Crippen LogP contribution in [0.2, 0.25) is 5.15 Å². The number of halogens is 1. The number of hydrogen-bond donors (Lipinski definition) is 1. The highest BCUT2D eigenvalue weighted by Gasteiger charge is 2.36. The van der Waals surface area contributed by atoms with E-state index >= 15 is 0 Å². The van der Waals surface area contributed by atoms with Crippen LogP contribution in [0.1, 0.15) is 37.4 Å². The average molecular weight is 281 g/mol. The van der Waals surface area contributed by atoms with E-state index in [1.54, 1.807) is 0 Å². The van der Waals surface area contributed by atoms with E-state index in [2.05, 4.69) is 21.8 Å². The summed E-state index contributed by atoms with van der Waals surface area (Å²) in [6.45, 7) is 4.65. The molecule has 2 atom stereocenters. The van der Waals surface area contributed by atoms with Crippen LogP contribution in [-0.4, -0.2) is 34.0 Å². The van der Waals surface area contributed by atoms with Crippen molar-refractivity contribution >= 4 is 17.5 Å². The fourth-order valence-electron chi connectivity index (χ4n) is 3.66. The van der Waals surface area contributed by atoms with Gasteiger partial charge in [0.1, 0.15) is 5.15 Å². The van der Waals surface area contributed by atoms with Crippen LogP contribution in [0.4, 0.5) is 5.95 Å². The summed E-state index contributed by atoms with van der Waals surface area (Å²) in [6, 6.07) is 0.617. The van der Waals surface area contributed by atoms with Crippen molar-refractivity contribution in [2.24, 2.45) is 5.92 Å². The second kappa shape index (κ2) is 5.25. The minimum absolute atomic E-state index is 0.309. The molecule has 0 radical (unpaired) electrons. The fourth-order valence-corrected chi connectivity index (χ4v) is 3.93. The van der Waals surface area contributed by atoms with Crippen LogP contribution in [0, 0.1) is 5.92 Å². The van der Waals surface area contributed by atoms with Gasteiger partial charge in [0.05, 0.1) is 5.69 Å². The topological polar surface area (TPSA) is 55.0 Å². The Hall–Kier alpha value is -0.870. The Kier molecular flexibility index (Phi) is 3.63. The number of nitrogens with two attached hydrogens (primary N) is 1. The first kappa shape index (κ1) is 13.1. The van der Waals surface area contributed by atoms with E-state index in [0.29, 0.717) is 23.1 Å². The Bertz CT molecular complexity index is 475. The SMILES string of the molecule is CCCN1CCC[C@H]2Cc3nc(N)nc(Cl)c3C[C@@H]21. The molecule has 4 nitrogen and oxygen atoms in total. The normalized spacial score (nSPS) is 26.8. The lowest BCUT2D eigenvalue weighted by molar-refractivity contribution is 0.0845. The van der Waals surface area contributed by atoms with Gasteiger partial charge in [-0.3, -0.25) is 4.90 Å². The van der Waals surface area contributed by atoms with Crippen molar-refractivity contribution in [3.05, 3.63) is 16.4 Å². The second-order valence-electron chi connectivity index (χ2n) is 5.71. The van der Waals surface area contributed by atoms with E-state index < -0.39 is 0 Å². The van der Waals surface area contributed by atoms with Crippen LogP contribution < -0.4 is 5.73 Å². The predicted molar refractivity (Wildman–Crippen MR) is 77.2 cm³/mol. The zero-order valence-electron chi connectivity index (χ0n) is 11.4. The molecule has 0 saturated carbocycles. The first-order valence-corrected chi connectivity index (χ1v) is 7.61. The molecule has 1 saturated heterocycles. The zero-order valence-corrected chi connectivity index (χ0v) is 12.2. The zero-order chi connectivity index (χ0) is 13.4. The molecule has 0 aromatic carbocycles. The lowest BCUT2D eigenvalue weighted by Crippen LogP contribution is -2.49. The molecule has 1 fully saturated rings. The molecule has 0 bridgehead atoms. The maximum Gasteiger partial charge on any atom is 0.221 e. The summed E-state index contributed by atoms with van der Waals surface area (Å²) < 4.78 is 0. The third-order valence-electron chi connectivity index (χ3n) is 4.47. The van der Waals surface area contributed by atoms with Gasteiger partial charge in [0.15, 0.2) is 0 Å². The molecule has 2 aliphatic rings. The van der Waals surface area contributed by atoms with Gasteiger partial charge in [-0.1, -0.05) is 18.5 Å². The molecule has 1 aromatic rings. The Morgan fingerprint density at radius 1 is 1.37 bits per heavy atom. The van der Waals surface area contributed by atoms with Gasteiger partial charge in [-0.15, -0.1) is 0 Å². The lowest BCUT2D eigenvalue weighted by Gasteiger charge is -2.44. The minimum atomic E-state index is 0.309. The number of rotatable bonds is 2. The summed E-state index contributed by atoms with van der Waals surface area (Å²) in [5.74, 6) is 1.02. The van der Waals surface area contributed by atoms with E-state index in [1.165, 1.54) is 32.4 Å². The third-order valence-corrected chi connectivity index (χ3v) is 4.79. The summed E-state index contributed by atoms with van der Waals surface area (Å²) in [6.07, 6.45) is 5.80. The Balaban J connectivity index is 1.91. The highest BCUT2D eigenvalue weighted by Crippen LogP contribution is 2.36. The molecule has 0 unspecified atom stereocenters. The van der Waals surface area contributed by atoms with Crippen molar-refractivity contribution in [3.63, 3.8) is 0 Å².